The van der Waals surface area contributed by atoms with E-state index in [4.69, 9.17) is 9.72 Å². The Balaban J connectivity index is 0.00000533. The molecule has 1 aliphatic heterocycles. The van der Waals surface area contributed by atoms with Gasteiger partial charge in [-0.1, -0.05) is 158 Å². The third-order valence-corrected chi connectivity index (χ3v) is 12.7. The van der Waals surface area contributed by atoms with Crippen LogP contribution in [0.15, 0.2) is 170 Å². The number of pyridine rings is 1. The number of rotatable bonds is 8. The summed E-state index contributed by atoms with van der Waals surface area (Å²) >= 11 is 0. The molecule has 0 saturated heterocycles. The predicted octanol–water partition coefficient (Wildman–Crippen LogP) is 15.6. The van der Waals surface area contributed by atoms with Gasteiger partial charge in [0.1, 0.15) is 5.82 Å². The van der Waals surface area contributed by atoms with Gasteiger partial charge >= 0.3 is 0 Å². The largest absolute Gasteiger partial charge is 0.509 e. The van der Waals surface area contributed by atoms with Crippen LogP contribution in [0.25, 0.3) is 38.8 Å². The van der Waals surface area contributed by atoms with E-state index in [0.29, 0.717) is 11.5 Å². The summed E-state index contributed by atoms with van der Waals surface area (Å²) in [5, 5.41) is 2.23. The maximum atomic E-state index is 6.85. The van der Waals surface area contributed by atoms with Crippen LogP contribution >= 0.6 is 0 Å². The van der Waals surface area contributed by atoms with Crippen molar-refractivity contribution < 1.29 is 25.8 Å². The summed E-state index contributed by atoms with van der Waals surface area (Å²) in [6, 6.07) is 65.8. The number of ether oxygens (including phenoxy) is 1. The second-order valence-electron chi connectivity index (χ2n) is 19.5. The molecule has 1 aliphatic rings. The fourth-order valence-corrected chi connectivity index (χ4v) is 8.88. The van der Waals surface area contributed by atoms with Crippen molar-refractivity contribution in [2.24, 2.45) is 0 Å². The molecule has 0 saturated carbocycles. The van der Waals surface area contributed by atoms with Crippen LogP contribution in [0.3, 0.4) is 0 Å². The molecule has 7 aromatic carbocycles. The van der Waals surface area contributed by atoms with Gasteiger partial charge < -0.3 is 19.1 Å². The molecule has 0 amide bonds. The Hall–Kier alpha value is -6.42. The number of hydrogen-bond acceptors (Lipinski definition) is 4. The molecule has 6 heteroatoms. The Morgan fingerprint density at radius 3 is 1.89 bits per heavy atom. The first-order valence-corrected chi connectivity index (χ1v) is 22.2. The number of para-hydroxylation sites is 3. The molecule has 5 nitrogen and oxygen atoms in total. The number of hydrogen-bond donors (Lipinski definition) is 0. The van der Waals surface area contributed by atoms with Gasteiger partial charge in [0.2, 0.25) is 0 Å². The van der Waals surface area contributed by atoms with Crippen molar-refractivity contribution in [3.63, 3.8) is 0 Å². The van der Waals surface area contributed by atoms with Crippen LogP contribution in [0.1, 0.15) is 77.6 Å². The Labute approximate surface area is 398 Å². The van der Waals surface area contributed by atoms with E-state index in [0.717, 1.165) is 55.9 Å². The molecule has 0 fully saturated rings. The number of aromatic nitrogens is 2. The molecule has 0 spiro atoms. The van der Waals surface area contributed by atoms with Gasteiger partial charge in [0.25, 0.3) is 0 Å². The topological polar surface area (TPSA) is 33.5 Å². The van der Waals surface area contributed by atoms with E-state index in [1.165, 1.54) is 27.8 Å². The minimum Gasteiger partial charge on any atom is -0.509 e. The minimum atomic E-state index is -0.248. The van der Waals surface area contributed by atoms with Gasteiger partial charge in [0.15, 0.2) is 0 Å². The normalized spacial score (nSPS) is 13.0. The van der Waals surface area contributed by atoms with E-state index in [1.807, 2.05) is 12.3 Å². The molecule has 0 radical (unpaired) electrons. The molecule has 3 heterocycles. The molecule has 328 valence electrons. The number of nitrogens with zero attached hydrogens (tertiary/aromatic N) is 4. The Bertz CT molecular complexity index is 3180. The SMILES string of the molecule is CC(C)(C)c1cc(Oc2[c-]c3c(cc2)c2ccccc2n3-c2cc(C(C)(C)C)ccn2)[c-]c(N2[CH-]N(c3cc(-c4ccccc4)cc(C(C)(C)c4ccccc4)c3)c3ccccc32)c1.[Pt]. The molecular weight excluding hydrogens is 976 g/mol. The molecule has 0 atom stereocenters. The van der Waals surface area contributed by atoms with Gasteiger partial charge in [0.05, 0.1) is 0 Å². The maximum absolute atomic E-state index is 6.85. The standard InChI is InChI=1S/C59H53N4O.Pt/c1-57(2,3)43-29-30-60-56(36-43)63-52-24-16-15-23-50(52)51-28-27-48(38-55(51)63)64-49-35-44(58(4,5)6)33-47(37-49)62-39-61(53-25-17-18-26-54(53)62)46-32-41(40-19-11-9-12-20-40)31-45(34-46)59(7,8)42-21-13-10-14-22-42;/h9-36,39H,1-8H3;/q-3;. The molecule has 2 aromatic heterocycles. The summed E-state index contributed by atoms with van der Waals surface area (Å²) in [5.74, 6) is 2.08. The Morgan fingerprint density at radius 1 is 0.508 bits per heavy atom. The van der Waals surface area contributed by atoms with Crippen LogP contribution in [-0.2, 0) is 37.3 Å². The van der Waals surface area contributed by atoms with E-state index in [9.17, 15) is 0 Å². The van der Waals surface area contributed by atoms with Crippen LogP contribution in [-0.4, -0.2) is 9.55 Å². The average molecular weight is 1030 g/mol. The van der Waals surface area contributed by atoms with Crippen molar-refractivity contribution in [3.8, 4) is 28.4 Å². The van der Waals surface area contributed by atoms with Crippen molar-refractivity contribution in [2.75, 3.05) is 9.80 Å². The molecule has 65 heavy (non-hydrogen) atoms. The fraction of sp³-hybridized carbons (Fsp3) is 0.186. The molecular formula is C59H53N4OPt-3. The quantitative estimate of drug-likeness (QED) is 0.142. The molecule has 10 rings (SSSR count). The summed E-state index contributed by atoms with van der Waals surface area (Å²) in [4.78, 5) is 9.44. The van der Waals surface area contributed by atoms with Crippen molar-refractivity contribution in [3.05, 3.63) is 211 Å². The molecule has 0 bridgehead atoms. The third-order valence-electron chi connectivity index (χ3n) is 12.7. The van der Waals surface area contributed by atoms with E-state index >= 15 is 0 Å². The first-order valence-electron chi connectivity index (χ1n) is 22.2. The molecule has 9 aromatic rings. The molecule has 0 aliphatic carbocycles. The van der Waals surface area contributed by atoms with Gasteiger partial charge in [-0.25, -0.2) is 4.98 Å². The summed E-state index contributed by atoms with van der Waals surface area (Å²) in [5.41, 5.74) is 12.9. The summed E-state index contributed by atoms with van der Waals surface area (Å²) < 4.78 is 9.05. The van der Waals surface area contributed by atoms with Crippen LogP contribution in [0.2, 0.25) is 0 Å². The smallest absolute Gasteiger partial charge is 0.135 e. The Morgan fingerprint density at radius 2 is 1.17 bits per heavy atom. The zero-order valence-corrected chi connectivity index (χ0v) is 40.5. The van der Waals surface area contributed by atoms with E-state index < -0.39 is 0 Å². The monoisotopic (exact) mass is 1030 g/mol. The summed E-state index contributed by atoms with van der Waals surface area (Å²) in [6.45, 7) is 20.2. The van der Waals surface area contributed by atoms with Gasteiger partial charge in [-0.05, 0) is 86.5 Å². The van der Waals surface area contributed by atoms with Crippen molar-refractivity contribution in [1.82, 2.24) is 9.55 Å². The predicted molar refractivity (Wildman–Crippen MR) is 266 cm³/mol. The van der Waals surface area contributed by atoms with Crippen molar-refractivity contribution in [1.29, 1.82) is 0 Å². The Kier molecular flexibility index (Phi) is 11.4. The van der Waals surface area contributed by atoms with Gasteiger partial charge in [-0.3, -0.25) is 0 Å². The minimum absolute atomic E-state index is 0. The first kappa shape index (κ1) is 43.8. The van der Waals surface area contributed by atoms with Crippen LogP contribution < -0.4 is 14.5 Å². The second-order valence-corrected chi connectivity index (χ2v) is 19.5. The number of fused-ring (bicyclic) bond motifs is 4. The maximum Gasteiger partial charge on any atom is 0.135 e. The first-order chi connectivity index (χ1) is 30.7. The second kappa shape index (κ2) is 16.9. The van der Waals surface area contributed by atoms with Gasteiger partial charge in [-0.2, -0.15) is 6.07 Å². The van der Waals surface area contributed by atoms with Gasteiger partial charge in [0, 0.05) is 66.8 Å². The van der Waals surface area contributed by atoms with Crippen LogP contribution in [0.4, 0.5) is 22.7 Å². The number of benzene rings is 7. The molecule has 0 N–H and O–H groups in total. The van der Waals surface area contributed by atoms with Gasteiger partial charge in [-0.15, -0.1) is 53.6 Å². The molecule has 0 unspecified atom stereocenters. The number of anilines is 4. The van der Waals surface area contributed by atoms with Crippen molar-refractivity contribution >= 4 is 44.6 Å². The van der Waals surface area contributed by atoms with E-state index in [-0.39, 0.29) is 37.3 Å². The zero-order valence-electron chi connectivity index (χ0n) is 38.3. The fourth-order valence-electron chi connectivity index (χ4n) is 8.88. The third kappa shape index (κ3) is 8.28. The summed E-state index contributed by atoms with van der Waals surface area (Å²) in [7, 11) is 0. The zero-order chi connectivity index (χ0) is 44.4. The van der Waals surface area contributed by atoms with Crippen LogP contribution in [0.5, 0.6) is 11.5 Å². The van der Waals surface area contributed by atoms with Crippen molar-refractivity contribution in [2.45, 2.75) is 71.6 Å². The average Bonchev–Trinajstić information content (AvgIpc) is 3.85. The van der Waals surface area contributed by atoms with Crippen LogP contribution in [0, 0.1) is 18.8 Å². The van der Waals surface area contributed by atoms with E-state index in [1.54, 1.807) is 0 Å². The van der Waals surface area contributed by atoms with E-state index in [2.05, 4.69) is 246 Å². The summed E-state index contributed by atoms with van der Waals surface area (Å²) in [6.07, 6.45) is 1.91.